The van der Waals surface area contributed by atoms with Crippen molar-refractivity contribution >= 4 is 11.9 Å². The summed E-state index contributed by atoms with van der Waals surface area (Å²) in [4.78, 5) is 24.4. The van der Waals surface area contributed by atoms with Crippen LogP contribution in [-0.2, 0) is 25.5 Å². The summed E-state index contributed by atoms with van der Waals surface area (Å²) in [5.41, 5.74) is 2.01. The lowest BCUT2D eigenvalue weighted by molar-refractivity contribution is -0.159. The monoisotopic (exact) mass is 338 g/mol. The molecule has 0 amide bonds. The lowest BCUT2D eigenvalue weighted by Crippen LogP contribution is -2.31. The molecule has 2 rings (SSSR count). The van der Waals surface area contributed by atoms with Gasteiger partial charge in [-0.05, 0) is 17.5 Å². The van der Waals surface area contributed by atoms with Gasteiger partial charge in [0.2, 0.25) is 0 Å². The minimum Gasteiger partial charge on any atom is -0.468 e. The van der Waals surface area contributed by atoms with E-state index in [0.717, 1.165) is 11.1 Å². The van der Waals surface area contributed by atoms with Gasteiger partial charge in [-0.2, -0.15) is 0 Å². The Bertz CT molecular complexity index is 691. The first kappa shape index (κ1) is 18.5. The molecule has 0 saturated heterocycles. The largest absolute Gasteiger partial charge is 0.468 e. The van der Waals surface area contributed by atoms with Gasteiger partial charge in [0.1, 0.15) is 0 Å². The molecule has 0 N–H and O–H groups in total. The quantitative estimate of drug-likeness (QED) is 0.440. The highest BCUT2D eigenvalue weighted by atomic mass is 16.5. The smallest absolute Gasteiger partial charge is 0.321 e. The fourth-order valence-electron chi connectivity index (χ4n) is 2.70. The molecule has 0 aliphatic carbocycles. The number of carbonyl (C=O) groups excluding carboxylic acids is 2. The summed E-state index contributed by atoms with van der Waals surface area (Å²) < 4.78 is 9.66. The highest BCUT2D eigenvalue weighted by Gasteiger charge is 2.36. The summed E-state index contributed by atoms with van der Waals surface area (Å²) in [7, 11) is 2.54. The van der Waals surface area contributed by atoms with Crippen molar-refractivity contribution in [3.63, 3.8) is 0 Å². The van der Waals surface area contributed by atoms with Crippen LogP contribution in [0, 0.1) is 5.92 Å². The maximum atomic E-state index is 12.2. The van der Waals surface area contributed by atoms with Gasteiger partial charge in [-0.25, -0.2) is 0 Å². The minimum atomic E-state index is -1.04. The third kappa shape index (κ3) is 5.05. The van der Waals surface area contributed by atoms with Crippen LogP contribution in [0.2, 0.25) is 0 Å². The molecule has 0 aliphatic rings. The molecule has 0 radical (unpaired) electrons. The van der Waals surface area contributed by atoms with Crippen LogP contribution in [0.15, 0.2) is 72.8 Å². The average Bonchev–Trinajstić information content (AvgIpc) is 2.68. The predicted octanol–water partition coefficient (Wildman–Crippen LogP) is 3.53. The second-order valence-electron chi connectivity index (χ2n) is 5.58. The Balaban J connectivity index is 2.31. The number of hydrogen-bond donors (Lipinski definition) is 0. The molecule has 0 saturated carbocycles. The molecule has 4 heteroatoms. The van der Waals surface area contributed by atoms with Gasteiger partial charge < -0.3 is 9.47 Å². The van der Waals surface area contributed by atoms with E-state index in [1.807, 2.05) is 72.8 Å². The van der Waals surface area contributed by atoms with Gasteiger partial charge in [0, 0.05) is 5.92 Å². The molecule has 4 nitrogen and oxygen atoms in total. The Morgan fingerprint density at radius 2 is 1.40 bits per heavy atom. The Hall–Kier alpha value is -2.88. The number of rotatable bonds is 7. The van der Waals surface area contributed by atoms with Crippen molar-refractivity contribution in [1.82, 2.24) is 0 Å². The predicted molar refractivity (Wildman–Crippen MR) is 96.0 cm³/mol. The van der Waals surface area contributed by atoms with Gasteiger partial charge in [-0.1, -0.05) is 72.8 Å². The molecule has 1 unspecified atom stereocenters. The number of hydrogen-bond acceptors (Lipinski definition) is 4. The van der Waals surface area contributed by atoms with Crippen LogP contribution < -0.4 is 0 Å². The molecule has 0 spiro atoms. The van der Waals surface area contributed by atoms with Crippen LogP contribution in [0.1, 0.15) is 17.0 Å². The van der Waals surface area contributed by atoms with Crippen molar-refractivity contribution < 1.29 is 19.1 Å². The standard InChI is InChI=1S/C21H22O4/c1-24-20(22)19(21(23)25-2)18(17-13-7-4-8-14-17)15-9-12-16-10-5-3-6-11-16/h3-11,13-15,18-19H,12H2,1-2H3/b15-9+. The number of benzene rings is 2. The van der Waals surface area contributed by atoms with E-state index < -0.39 is 23.8 Å². The first-order chi connectivity index (χ1) is 12.2. The molecule has 1 atom stereocenters. The van der Waals surface area contributed by atoms with Crippen LogP contribution in [0.3, 0.4) is 0 Å². The summed E-state index contributed by atoms with van der Waals surface area (Å²) in [6.07, 6.45) is 4.55. The van der Waals surface area contributed by atoms with Gasteiger partial charge in [-0.3, -0.25) is 9.59 Å². The molecule has 25 heavy (non-hydrogen) atoms. The third-order valence-electron chi connectivity index (χ3n) is 3.99. The lowest BCUT2D eigenvalue weighted by atomic mass is 9.85. The zero-order valence-corrected chi connectivity index (χ0v) is 14.4. The van der Waals surface area contributed by atoms with Crippen molar-refractivity contribution in [2.75, 3.05) is 14.2 Å². The highest BCUT2D eigenvalue weighted by Crippen LogP contribution is 2.28. The molecule has 0 aromatic heterocycles. The first-order valence-electron chi connectivity index (χ1n) is 8.08. The SMILES string of the molecule is COC(=O)C(C(=O)OC)C(/C=C/Cc1ccccc1)c1ccccc1. The number of esters is 2. The Morgan fingerprint density at radius 1 is 0.880 bits per heavy atom. The van der Waals surface area contributed by atoms with E-state index in [1.54, 1.807) is 0 Å². The number of allylic oxidation sites excluding steroid dienone is 2. The number of ether oxygens (including phenoxy) is 2. The second kappa shape index (κ2) is 9.42. The fraction of sp³-hybridized carbons (Fsp3) is 0.238. The zero-order valence-electron chi connectivity index (χ0n) is 14.4. The summed E-state index contributed by atoms with van der Waals surface area (Å²) in [5.74, 6) is -2.70. The Morgan fingerprint density at radius 3 is 1.92 bits per heavy atom. The lowest BCUT2D eigenvalue weighted by Gasteiger charge is -2.21. The van der Waals surface area contributed by atoms with E-state index in [1.165, 1.54) is 14.2 Å². The summed E-state index contributed by atoms with van der Waals surface area (Å²) in [6, 6.07) is 19.4. The zero-order chi connectivity index (χ0) is 18.1. The van der Waals surface area contributed by atoms with Crippen LogP contribution >= 0.6 is 0 Å². The molecule has 130 valence electrons. The van der Waals surface area contributed by atoms with Crippen molar-refractivity contribution in [2.45, 2.75) is 12.3 Å². The van der Waals surface area contributed by atoms with Crippen LogP contribution in [0.5, 0.6) is 0 Å². The average molecular weight is 338 g/mol. The minimum absolute atomic E-state index is 0.454. The van der Waals surface area contributed by atoms with E-state index in [4.69, 9.17) is 9.47 Å². The van der Waals surface area contributed by atoms with E-state index >= 15 is 0 Å². The molecule has 0 bridgehead atoms. The summed E-state index contributed by atoms with van der Waals surface area (Å²) >= 11 is 0. The fourth-order valence-corrected chi connectivity index (χ4v) is 2.70. The van der Waals surface area contributed by atoms with Crippen LogP contribution in [0.25, 0.3) is 0 Å². The Kier molecular flexibility index (Phi) is 6.96. The van der Waals surface area contributed by atoms with Gasteiger partial charge in [0.25, 0.3) is 0 Å². The Labute approximate surface area is 148 Å². The maximum Gasteiger partial charge on any atom is 0.321 e. The van der Waals surface area contributed by atoms with Gasteiger partial charge in [-0.15, -0.1) is 0 Å². The van der Waals surface area contributed by atoms with E-state index in [9.17, 15) is 9.59 Å². The summed E-state index contributed by atoms with van der Waals surface area (Å²) in [5, 5.41) is 0. The maximum absolute atomic E-state index is 12.2. The second-order valence-corrected chi connectivity index (χ2v) is 5.58. The molecule has 2 aromatic rings. The topological polar surface area (TPSA) is 52.6 Å². The molecule has 2 aromatic carbocycles. The number of methoxy groups -OCH3 is 2. The van der Waals surface area contributed by atoms with Crippen molar-refractivity contribution in [3.05, 3.63) is 83.9 Å². The van der Waals surface area contributed by atoms with E-state index in [-0.39, 0.29) is 0 Å². The first-order valence-corrected chi connectivity index (χ1v) is 8.08. The number of carbonyl (C=O) groups is 2. The van der Waals surface area contributed by atoms with Crippen LogP contribution in [0.4, 0.5) is 0 Å². The van der Waals surface area contributed by atoms with Crippen molar-refractivity contribution in [1.29, 1.82) is 0 Å². The van der Waals surface area contributed by atoms with Crippen molar-refractivity contribution in [2.24, 2.45) is 5.92 Å². The molecule has 0 aliphatic heterocycles. The molecular formula is C21H22O4. The molecular weight excluding hydrogens is 316 g/mol. The van der Waals surface area contributed by atoms with Crippen LogP contribution in [-0.4, -0.2) is 26.2 Å². The van der Waals surface area contributed by atoms with Crippen molar-refractivity contribution in [3.8, 4) is 0 Å². The normalized spacial score (nSPS) is 12.1. The molecule has 0 heterocycles. The highest BCUT2D eigenvalue weighted by molar-refractivity contribution is 5.96. The summed E-state index contributed by atoms with van der Waals surface area (Å²) in [6.45, 7) is 0. The molecule has 0 fully saturated rings. The van der Waals surface area contributed by atoms with E-state index in [2.05, 4.69) is 0 Å². The van der Waals surface area contributed by atoms with Gasteiger partial charge >= 0.3 is 11.9 Å². The third-order valence-corrected chi connectivity index (χ3v) is 3.99. The van der Waals surface area contributed by atoms with E-state index in [0.29, 0.717) is 6.42 Å². The van der Waals surface area contributed by atoms with Gasteiger partial charge in [0.15, 0.2) is 5.92 Å². The van der Waals surface area contributed by atoms with Gasteiger partial charge in [0.05, 0.1) is 14.2 Å².